The first-order valence-corrected chi connectivity index (χ1v) is 8.49. The number of carbonyl (C=O) groups excluding carboxylic acids is 1. The van der Waals surface area contributed by atoms with Crippen LogP contribution in [-0.2, 0) is 17.9 Å². The molecule has 0 aromatic carbocycles. The Balaban J connectivity index is 2.00. The number of amides is 1. The molecule has 2 N–H and O–H groups in total. The monoisotopic (exact) mass is 308 g/mol. The molecule has 108 valence electrons. The van der Waals surface area contributed by atoms with E-state index in [0.29, 0.717) is 19.5 Å². The molecule has 1 atom stereocenters. The van der Waals surface area contributed by atoms with Gasteiger partial charge >= 0.3 is 0 Å². The third-order valence-electron chi connectivity index (χ3n) is 3.02. The highest BCUT2D eigenvalue weighted by Gasteiger charge is 2.16. The molecule has 2 aromatic heterocycles. The fraction of sp³-hybridized carbons (Fsp3) is 0.400. The van der Waals surface area contributed by atoms with Crippen LogP contribution in [0.2, 0.25) is 0 Å². The average molecular weight is 308 g/mol. The lowest BCUT2D eigenvalue weighted by atomic mass is 10.2. The first-order chi connectivity index (χ1) is 9.65. The Labute approximate surface area is 128 Å². The molecule has 0 saturated carbocycles. The molecule has 1 unspecified atom stereocenters. The van der Waals surface area contributed by atoms with E-state index in [9.17, 15) is 4.79 Å². The maximum atomic E-state index is 12.4. The summed E-state index contributed by atoms with van der Waals surface area (Å²) in [6.45, 7) is 3.32. The van der Waals surface area contributed by atoms with Gasteiger partial charge < -0.3 is 10.6 Å². The van der Waals surface area contributed by atoms with Crippen LogP contribution in [-0.4, -0.2) is 16.8 Å². The van der Waals surface area contributed by atoms with Crippen molar-refractivity contribution < 1.29 is 4.79 Å². The van der Waals surface area contributed by atoms with Gasteiger partial charge in [-0.3, -0.25) is 4.79 Å². The van der Waals surface area contributed by atoms with E-state index in [1.165, 1.54) is 9.75 Å². The number of rotatable bonds is 7. The zero-order chi connectivity index (χ0) is 14.4. The van der Waals surface area contributed by atoms with Crippen LogP contribution in [0.15, 0.2) is 35.0 Å². The summed E-state index contributed by atoms with van der Waals surface area (Å²) in [6.07, 6.45) is 1.26. The lowest BCUT2D eigenvalue weighted by molar-refractivity contribution is -0.132. The fourth-order valence-corrected chi connectivity index (χ4v) is 3.36. The molecular weight excluding hydrogens is 288 g/mol. The van der Waals surface area contributed by atoms with E-state index >= 15 is 0 Å². The van der Waals surface area contributed by atoms with Gasteiger partial charge in [0.15, 0.2) is 0 Å². The van der Waals surface area contributed by atoms with Crippen molar-refractivity contribution in [1.82, 2.24) is 4.90 Å². The van der Waals surface area contributed by atoms with Crippen molar-refractivity contribution in [3.8, 4) is 0 Å². The fourth-order valence-electron chi connectivity index (χ4n) is 1.92. The number of hydrogen-bond acceptors (Lipinski definition) is 4. The van der Waals surface area contributed by atoms with Gasteiger partial charge in [0, 0.05) is 22.2 Å². The van der Waals surface area contributed by atoms with Crippen LogP contribution in [0.3, 0.4) is 0 Å². The molecule has 3 nitrogen and oxygen atoms in total. The summed E-state index contributed by atoms with van der Waals surface area (Å²) in [4.78, 5) is 16.7. The van der Waals surface area contributed by atoms with E-state index in [1.54, 1.807) is 22.7 Å². The zero-order valence-corrected chi connectivity index (χ0v) is 13.3. The molecule has 20 heavy (non-hydrogen) atoms. The van der Waals surface area contributed by atoms with Gasteiger partial charge in [0.1, 0.15) is 0 Å². The summed E-state index contributed by atoms with van der Waals surface area (Å²) >= 11 is 3.38. The Morgan fingerprint density at radius 2 is 1.75 bits per heavy atom. The molecule has 0 saturated heterocycles. The minimum Gasteiger partial charge on any atom is -0.332 e. The predicted molar refractivity (Wildman–Crippen MR) is 85.8 cm³/mol. The van der Waals surface area contributed by atoms with Crippen molar-refractivity contribution in [2.75, 3.05) is 0 Å². The molecule has 0 aliphatic rings. The minimum absolute atomic E-state index is 0.0734. The van der Waals surface area contributed by atoms with Gasteiger partial charge in [-0.2, -0.15) is 0 Å². The smallest absolute Gasteiger partial charge is 0.223 e. The Hall–Kier alpha value is -1.17. The highest BCUT2D eigenvalue weighted by Crippen LogP contribution is 2.18. The highest BCUT2D eigenvalue weighted by molar-refractivity contribution is 7.10. The van der Waals surface area contributed by atoms with Gasteiger partial charge in [-0.05, 0) is 36.2 Å². The number of carbonyl (C=O) groups is 1. The summed E-state index contributed by atoms with van der Waals surface area (Å²) < 4.78 is 0. The zero-order valence-electron chi connectivity index (χ0n) is 11.6. The third kappa shape index (κ3) is 4.74. The molecule has 2 rings (SSSR count). The molecule has 0 aliphatic carbocycles. The van der Waals surface area contributed by atoms with Crippen molar-refractivity contribution in [2.24, 2.45) is 5.73 Å². The molecular formula is C15H20N2OS2. The standard InChI is InChI=1S/C15H20N2OS2/c1-12(16)6-7-15(18)17(10-13-4-2-8-19-13)11-14-5-3-9-20-14/h2-5,8-9,12H,6-7,10-11,16H2,1H3. The minimum atomic E-state index is 0.0734. The third-order valence-corrected chi connectivity index (χ3v) is 4.74. The van der Waals surface area contributed by atoms with Crippen LogP contribution >= 0.6 is 22.7 Å². The summed E-state index contributed by atoms with van der Waals surface area (Å²) in [6, 6.07) is 8.27. The molecule has 2 aromatic rings. The summed E-state index contributed by atoms with van der Waals surface area (Å²) in [5.41, 5.74) is 5.75. The number of nitrogens with two attached hydrogens (primary N) is 1. The van der Waals surface area contributed by atoms with E-state index < -0.39 is 0 Å². The topological polar surface area (TPSA) is 46.3 Å². The molecule has 5 heteroatoms. The van der Waals surface area contributed by atoms with Crippen LogP contribution < -0.4 is 5.73 Å². The normalized spacial score (nSPS) is 12.3. The maximum absolute atomic E-state index is 12.4. The van der Waals surface area contributed by atoms with E-state index in [-0.39, 0.29) is 11.9 Å². The second-order valence-corrected chi connectivity index (χ2v) is 6.99. The molecule has 0 spiro atoms. The Morgan fingerprint density at radius 3 is 2.15 bits per heavy atom. The van der Waals surface area contributed by atoms with E-state index in [0.717, 1.165) is 6.42 Å². The SMILES string of the molecule is CC(N)CCC(=O)N(Cc1cccs1)Cc1cccs1. The van der Waals surface area contributed by atoms with Crippen LogP contribution in [0.5, 0.6) is 0 Å². The molecule has 0 fully saturated rings. The second kappa shape index (κ2) is 7.57. The molecule has 1 amide bonds. The first kappa shape index (κ1) is 15.2. The average Bonchev–Trinajstić information content (AvgIpc) is 3.08. The van der Waals surface area contributed by atoms with Gasteiger partial charge in [-0.25, -0.2) is 0 Å². The molecule has 0 bridgehead atoms. The largest absolute Gasteiger partial charge is 0.332 e. The summed E-state index contributed by atoms with van der Waals surface area (Å²) in [5.74, 6) is 0.184. The maximum Gasteiger partial charge on any atom is 0.223 e. The predicted octanol–water partition coefficient (Wildman–Crippen LogP) is 3.47. The van der Waals surface area contributed by atoms with Crippen LogP contribution in [0, 0.1) is 0 Å². The van der Waals surface area contributed by atoms with E-state index in [2.05, 4.69) is 12.1 Å². The Kier molecular flexibility index (Phi) is 5.76. The number of hydrogen-bond donors (Lipinski definition) is 1. The van der Waals surface area contributed by atoms with Gasteiger partial charge in [-0.15, -0.1) is 22.7 Å². The second-order valence-electron chi connectivity index (χ2n) is 4.92. The van der Waals surface area contributed by atoms with Crippen LogP contribution in [0.25, 0.3) is 0 Å². The molecule has 0 radical (unpaired) electrons. The van der Waals surface area contributed by atoms with Crippen molar-refractivity contribution in [3.63, 3.8) is 0 Å². The van der Waals surface area contributed by atoms with Crippen LogP contribution in [0.1, 0.15) is 29.5 Å². The van der Waals surface area contributed by atoms with Crippen molar-refractivity contribution in [2.45, 2.75) is 38.9 Å². The van der Waals surface area contributed by atoms with Gasteiger partial charge in [0.2, 0.25) is 5.91 Å². The number of thiophene rings is 2. The van der Waals surface area contributed by atoms with Crippen molar-refractivity contribution >= 4 is 28.6 Å². The van der Waals surface area contributed by atoms with Gasteiger partial charge in [-0.1, -0.05) is 12.1 Å². The van der Waals surface area contributed by atoms with E-state index in [4.69, 9.17) is 5.73 Å². The molecule has 0 aliphatic heterocycles. The Bertz CT molecular complexity index is 470. The summed E-state index contributed by atoms with van der Waals surface area (Å²) in [5, 5.41) is 4.09. The van der Waals surface area contributed by atoms with Crippen LogP contribution in [0.4, 0.5) is 0 Å². The van der Waals surface area contributed by atoms with Gasteiger partial charge in [0.25, 0.3) is 0 Å². The van der Waals surface area contributed by atoms with Crippen molar-refractivity contribution in [1.29, 1.82) is 0 Å². The summed E-state index contributed by atoms with van der Waals surface area (Å²) in [7, 11) is 0. The Morgan fingerprint density at radius 1 is 1.20 bits per heavy atom. The quantitative estimate of drug-likeness (QED) is 0.851. The van der Waals surface area contributed by atoms with Crippen molar-refractivity contribution in [3.05, 3.63) is 44.8 Å². The number of nitrogens with zero attached hydrogens (tertiary/aromatic N) is 1. The molecule has 2 heterocycles. The lowest BCUT2D eigenvalue weighted by Crippen LogP contribution is -2.30. The lowest BCUT2D eigenvalue weighted by Gasteiger charge is -2.22. The first-order valence-electron chi connectivity index (χ1n) is 6.73. The van der Waals surface area contributed by atoms with Gasteiger partial charge in [0.05, 0.1) is 13.1 Å². The van der Waals surface area contributed by atoms with E-state index in [1.807, 2.05) is 34.7 Å². The highest BCUT2D eigenvalue weighted by atomic mass is 32.1.